The lowest BCUT2D eigenvalue weighted by atomic mass is 9.90. The van der Waals surface area contributed by atoms with Gasteiger partial charge in [-0.1, -0.05) is 44.2 Å². The molecule has 4 nitrogen and oxygen atoms in total. The topological polar surface area (TPSA) is 42.4 Å². The molecule has 0 unspecified atom stereocenters. The first-order valence-corrected chi connectivity index (χ1v) is 7.38. The van der Waals surface area contributed by atoms with Gasteiger partial charge in [0.1, 0.15) is 11.9 Å². The molecule has 1 aromatic heterocycles. The highest BCUT2D eigenvalue weighted by atomic mass is 16.5. The third kappa shape index (κ3) is 2.50. The summed E-state index contributed by atoms with van der Waals surface area (Å²) in [6.07, 6.45) is 1.40. The fourth-order valence-electron chi connectivity index (χ4n) is 3.00. The molecule has 1 saturated heterocycles. The molecule has 0 saturated carbocycles. The molecule has 2 aromatic rings. The smallest absolute Gasteiger partial charge is 0.257 e. The summed E-state index contributed by atoms with van der Waals surface area (Å²) >= 11 is 0. The van der Waals surface area contributed by atoms with Crippen LogP contribution in [0.2, 0.25) is 0 Å². The molecule has 0 N–H and O–H groups in total. The molecule has 22 heavy (non-hydrogen) atoms. The number of amides is 1. The Labute approximate surface area is 130 Å². The van der Waals surface area contributed by atoms with E-state index in [0.717, 1.165) is 11.1 Å². The van der Waals surface area contributed by atoms with Crippen molar-refractivity contribution in [1.82, 2.24) is 4.98 Å². The number of rotatable bonds is 3. The minimum Gasteiger partial charge on any atom is -0.371 e. The van der Waals surface area contributed by atoms with Crippen LogP contribution in [0.5, 0.6) is 0 Å². The summed E-state index contributed by atoms with van der Waals surface area (Å²) in [6, 6.07) is 14.0. The summed E-state index contributed by atoms with van der Waals surface area (Å²) in [5.41, 5.74) is 1.94. The van der Waals surface area contributed by atoms with Crippen LogP contribution >= 0.6 is 0 Å². The van der Waals surface area contributed by atoms with Crippen LogP contribution in [-0.4, -0.2) is 30.6 Å². The average Bonchev–Trinajstić information content (AvgIpc) is 2.77. The van der Waals surface area contributed by atoms with Gasteiger partial charge in [0.15, 0.2) is 0 Å². The Hall–Kier alpha value is -2.20. The van der Waals surface area contributed by atoms with E-state index in [9.17, 15) is 4.79 Å². The van der Waals surface area contributed by atoms with E-state index in [2.05, 4.69) is 4.98 Å². The van der Waals surface area contributed by atoms with Crippen molar-refractivity contribution >= 4 is 11.7 Å². The fraction of sp³-hybridized carbons (Fsp3) is 0.333. The zero-order valence-corrected chi connectivity index (χ0v) is 13.1. The lowest BCUT2D eigenvalue weighted by molar-refractivity contribution is -0.128. The van der Waals surface area contributed by atoms with Crippen LogP contribution in [-0.2, 0) is 9.53 Å². The van der Waals surface area contributed by atoms with E-state index in [1.165, 1.54) is 0 Å². The Morgan fingerprint density at radius 1 is 1.14 bits per heavy atom. The second kappa shape index (κ2) is 5.54. The number of benzene rings is 1. The van der Waals surface area contributed by atoms with Crippen LogP contribution in [0.15, 0.2) is 48.7 Å². The van der Waals surface area contributed by atoms with Crippen molar-refractivity contribution in [3.63, 3.8) is 0 Å². The number of carbonyl (C=O) groups excluding carboxylic acids is 1. The van der Waals surface area contributed by atoms with E-state index in [4.69, 9.17) is 4.74 Å². The summed E-state index contributed by atoms with van der Waals surface area (Å²) in [7, 11) is 1.58. The van der Waals surface area contributed by atoms with Crippen molar-refractivity contribution in [2.24, 2.45) is 5.41 Å². The molecule has 1 atom stereocenters. The van der Waals surface area contributed by atoms with E-state index in [1.54, 1.807) is 12.0 Å². The predicted molar refractivity (Wildman–Crippen MR) is 86.6 cm³/mol. The number of aromatic nitrogens is 1. The fourth-order valence-corrected chi connectivity index (χ4v) is 3.00. The molecule has 1 aliphatic heterocycles. The summed E-state index contributed by atoms with van der Waals surface area (Å²) in [5.74, 6) is 0.657. The Bertz CT molecular complexity index is 665. The van der Waals surface area contributed by atoms with Crippen LogP contribution in [0.4, 0.5) is 5.82 Å². The summed E-state index contributed by atoms with van der Waals surface area (Å²) < 4.78 is 5.36. The van der Waals surface area contributed by atoms with Gasteiger partial charge >= 0.3 is 0 Å². The first kappa shape index (κ1) is 14.7. The van der Waals surface area contributed by atoms with Crippen LogP contribution in [0.25, 0.3) is 11.1 Å². The van der Waals surface area contributed by atoms with Gasteiger partial charge in [0.25, 0.3) is 5.91 Å². The van der Waals surface area contributed by atoms with Crippen LogP contribution in [0.3, 0.4) is 0 Å². The maximum absolute atomic E-state index is 12.5. The Morgan fingerprint density at radius 2 is 1.86 bits per heavy atom. The molecule has 1 aromatic carbocycles. The van der Waals surface area contributed by atoms with E-state index >= 15 is 0 Å². The third-order valence-corrected chi connectivity index (χ3v) is 4.13. The van der Waals surface area contributed by atoms with Gasteiger partial charge in [-0.2, -0.15) is 0 Å². The second-order valence-corrected chi connectivity index (χ2v) is 6.30. The molecular formula is C18H20N2O2. The van der Waals surface area contributed by atoms with Gasteiger partial charge in [-0.25, -0.2) is 4.98 Å². The molecule has 1 amide bonds. The van der Waals surface area contributed by atoms with E-state index in [0.29, 0.717) is 12.4 Å². The Balaban J connectivity index is 1.87. The molecule has 114 valence electrons. The quantitative estimate of drug-likeness (QED) is 0.874. The van der Waals surface area contributed by atoms with Gasteiger partial charge in [0.2, 0.25) is 0 Å². The number of methoxy groups -OCH3 is 1. The van der Waals surface area contributed by atoms with Gasteiger partial charge in [0.05, 0.1) is 0 Å². The van der Waals surface area contributed by atoms with Gasteiger partial charge < -0.3 is 4.74 Å². The summed E-state index contributed by atoms with van der Waals surface area (Å²) in [6.45, 7) is 4.69. The van der Waals surface area contributed by atoms with E-state index in [1.807, 2.05) is 62.5 Å². The molecule has 4 heteroatoms. The monoisotopic (exact) mass is 296 g/mol. The maximum Gasteiger partial charge on any atom is 0.257 e. The number of nitrogens with zero attached hydrogens (tertiary/aromatic N) is 2. The van der Waals surface area contributed by atoms with Crippen molar-refractivity contribution in [3.05, 3.63) is 48.7 Å². The third-order valence-electron chi connectivity index (χ3n) is 4.13. The molecule has 2 heterocycles. The van der Waals surface area contributed by atoms with Gasteiger partial charge in [0, 0.05) is 30.8 Å². The number of hydrogen-bond acceptors (Lipinski definition) is 3. The molecule has 0 spiro atoms. The number of ether oxygens (including phenoxy) is 1. The minimum absolute atomic E-state index is 0.0209. The standard InChI is InChI=1S/C18H20N2O2/c1-18(2)12-20(17(21)16(18)22-3)15-10-9-14(11-19-15)13-7-5-4-6-8-13/h4-11,16H,12H2,1-3H3/t16-/m0/s1. The van der Waals surface area contributed by atoms with Crippen molar-refractivity contribution in [2.45, 2.75) is 20.0 Å². The van der Waals surface area contributed by atoms with Crippen molar-refractivity contribution in [2.75, 3.05) is 18.6 Å². The number of pyridine rings is 1. The Kier molecular flexibility index (Phi) is 3.71. The largest absolute Gasteiger partial charge is 0.371 e. The molecule has 0 bridgehead atoms. The zero-order valence-electron chi connectivity index (χ0n) is 13.1. The van der Waals surface area contributed by atoms with Gasteiger partial charge in [-0.05, 0) is 17.7 Å². The molecule has 1 fully saturated rings. The summed E-state index contributed by atoms with van der Waals surface area (Å²) in [4.78, 5) is 18.7. The SMILES string of the molecule is CO[C@H]1C(=O)N(c2ccc(-c3ccccc3)cn2)CC1(C)C. The van der Waals surface area contributed by atoms with E-state index < -0.39 is 6.10 Å². The van der Waals surface area contributed by atoms with Crippen LogP contribution < -0.4 is 4.90 Å². The average molecular weight is 296 g/mol. The molecule has 0 aliphatic carbocycles. The lowest BCUT2D eigenvalue weighted by Crippen LogP contribution is -2.33. The highest BCUT2D eigenvalue weighted by Gasteiger charge is 2.47. The molecule has 3 rings (SSSR count). The molecular weight excluding hydrogens is 276 g/mol. The number of hydrogen-bond donors (Lipinski definition) is 0. The van der Waals surface area contributed by atoms with Crippen LogP contribution in [0, 0.1) is 5.41 Å². The highest BCUT2D eigenvalue weighted by Crippen LogP contribution is 2.35. The van der Waals surface area contributed by atoms with Gasteiger partial charge in [-0.3, -0.25) is 9.69 Å². The van der Waals surface area contributed by atoms with Gasteiger partial charge in [-0.15, -0.1) is 0 Å². The summed E-state index contributed by atoms with van der Waals surface area (Å²) in [5, 5.41) is 0. The first-order valence-electron chi connectivity index (χ1n) is 7.38. The highest BCUT2D eigenvalue weighted by molar-refractivity contribution is 5.99. The normalized spacial score (nSPS) is 20.4. The van der Waals surface area contributed by atoms with Crippen molar-refractivity contribution < 1.29 is 9.53 Å². The predicted octanol–water partition coefficient (Wildman–Crippen LogP) is 3.14. The Morgan fingerprint density at radius 3 is 2.41 bits per heavy atom. The van der Waals surface area contributed by atoms with Crippen molar-refractivity contribution in [3.8, 4) is 11.1 Å². The number of anilines is 1. The van der Waals surface area contributed by atoms with E-state index in [-0.39, 0.29) is 11.3 Å². The maximum atomic E-state index is 12.5. The number of carbonyl (C=O) groups is 1. The van der Waals surface area contributed by atoms with Crippen molar-refractivity contribution in [1.29, 1.82) is 0 Å². The lowest BCUT2D eigenvalue weighted by Gasteiger charge is -2.21. The molecule has 0 radical (unpaired) electrons. The second-order valence-electron chi connectivity index (χ2n) is 6.30. The first-order chi connectivity index (χ1) is 10.5. The minimum atomic E-state index is -0.414. The molecule has 1 aliphatic rings. The van der Waals surface area contributed by atoms with Crippen LogP contribution in [0.1, 0.15) is 13.8 Å². The zero-order chi connectivity index (χ0) is 15.7.